The van der Waals surface area contributed by atoms with Crippen LogP contribution in [-0.2, 0) is 9.53 Å². The molecule has 1 aliphatic rings. The number of carboxylic acid groups (broad SMARTS) is 1. The summed E-state index contributed by atoms with van der Waals surface area (Å²) in [6.07, 6.45) is -1.01. The molecule has 3 rings (SSSR count). The highest BCUT2D eigenvalue weighted by atomic mass is 16.6. The van der Waals surface area contributed by atoms with Gasteiger partial charge in [-0.2, -0.15) is 0 Å². The van der Waals surface area contributed by atoms with Crippen LogP contribution in [-0.4, -0.2) is 91.7 Å². The molecule has 1 saturated heterocycles. The zero-order valence-corrected chi connectivity index (χ0v) is 15.7. The Kier molecular flexibility index (Phi) is 5.50. The summed E-state index contributed by atoms with van der Waals surface area (Å²) in [4.78, 5) is 22.9. The second kappa shape index (κ2) is 7.56. The van der Waals surface area contributed by atoms with E-state index >= 15 is 0 Å². The molecular formula is C16H25N7O5. The van der Waals surface area contributed by atoms with Gasteiger partial charge in [0.15, 0.2) is 17.7 Å². The number of aliphatic carboxylic acids is 1. The maximum Gasteiger partial charge on any atom is 0.167 e. The maximum absolute atomic E-state index is 10.8. The molecule has 0 aromatic carbocycles. The summed E-state index contributed by atoms with van der Waals surface area (Å²) in [5.41, 5.74) is 12.1. The lowest BCUT2D eigenvalue weighted by Gasteiger charge is -2.33. The fraction of sp³-hybridized carbons (Fsp3) is 0.625. The van der Waals surface area contributed by atoms with Crippen LogP contribution in [0.3, 0.4) is 0 Å². The second-order valence-corrected chi connectivity index (χ2v) is 7.69. The van der Waals surface area contributed by atoms with Crippen molar-refractivity contribution in [2.75, 3.05) is 32.9 Å². The number of quaternary nitrogens is 1. The Morgan fingerprint density at radius 1 is 1.36 bits per heavy atom. The average molecular weight is 395 g/mol. The van der Waals surface area contributed by atoms with Crippen LogP contribution in [0.25, 0.3) is 11.2 Å². The van der Waals surface area contributed by atoms with E-state index in [9.17, 15) is 20.1 Å². The van der Waals surface area contributed by atoms with Gasteiger partial charge in [0.1, 0.15) is 36.7 Å². The Labute approximate surface area is 161 Å². The molecule has 0 amide bonds. The van der Waals surface area contributed by atoms with Crippen LogP contribution in [0.1, 0.15) is 12.6 Å². The van der Waals surface area contributed by atoms with E-state index in [2.05, 4.69) is 15.0 Å². The van der Waals surface area contributed by atoms with E-state index in [1.54, 1.807) is 0 Å². The van der Waals surface area contributed by atoms with Crippen LogP contribution in [0.5, 0.6) is 0 Å². The first-order valence-electron chi connectivity index (χ1n) is 8.84. The van der Waals surface area contributed by atoms with Crippen molar-refractivity contribution in [2.45, 2.75) is 37.0 Å². The van der Waals surface area contributed by atoms with Gasteiger partial charge in [-0.05, 0) is 0 Å². The normalized spacial score (nSPS) is 26.6. The van der Waals surface area contributed by atoms with Gasteiger partial charge in [0.05, 0.1) is 32.9 Å². The van der Waals surface area contributed by atoms with E-state index in [0.717, 1.165) is 0 Å². The van der Waals surface area contributed by atoms with Crippen LogP contribution >= 0.6 is 0 Å². The van der Waals surface area contributed by atoms with Crippen LogP contribution in [0.4, 0.5) is 5.82 Å². The number of likely N-dealkylation sites (N-methyl/N-ethyl adjacent to an activating group) is 1. The van der Waals surface area contributed by atoms with E-state index in [1.165, 1.54) is 17.2 Å². The van der Waals surface area contributed by atoms with Crippen LogP contribution in [0, 0.1) is 0 Å². The number of hydrogen-bond donors (Lipinski definition) is 4. The fourth-order valence-corrected chi connectivity index (χ4v) is 3.35. The number of nitrogen functional groups attached to an aromatic ring is 1. The number of fused-ring (bicyclic) bond motifs is 1. The lowest BCUT2D eigenvalue weighted by Crippen LogP contribution is -2.52. The molecule has 1 aliphatic heterocycles. The maximum atomic E-state index is 10.8. The molecule has 12 nitrogen and oxygen atoms in total. The van der Waals surface area contributed by atoms with E-state index < -0.39 is 36.6 Å². The highest BCUT2D eigenvalue weighted by Crippen LogP contribution is 2.32. The molecule has 0 aliphatic carbocycles. The SMILES string of the molecule is C[N+](C)(CC[C@H](N)C(=O)[O-])C[C@H]1O[C@@H](n2cnc3c(N)ncnc32)[C@H](O)[C@@H]1O. The van der Waals surface area contributed by atoms with Gasteiger partial charge >= 0.3 is 0 Å². The molecule has 12 heteroatoms. The summed E-state index contributed by atoms with van der Waals surface area (Å²) in [6.45, 7) is 0.762. The summed E-state index contributed by atoms with van der Waals surface area (Å²) < 4.78 is 7.76. The number of hydrogen-bond acceptors (Lipinski definition) is 10. The Bertz CT molecular complexity index is 857. The van der Waals surface area contributed by atoms with E-state index in [0.29, 0.717) is 28.7 Å². The Morgan fingerprint density at radius 2 is 2.07 bits per heavy atom. The van der Waals surface area contributed by atoms with Crippen molar-refractivity contribution < 1.29 is 29.3 Å². The van der Waals surface area contributed by atoms with Crippen molar-refractivity contribution in [3.8, 4) is 0 Å². The number of anilines is 1. The highest BCUT2D eigenvalue weighted by Gasteiger charge is 2.46. The molecule has 1 fully saturated rings. The second-order valence-electron chi connectivity index (χ2n) is 7.69. The quantitative estimate of drug-likeness (QED) is 0.344. The van der Waals surface area contributed by atoms with Gasteiger partial charge in [-0.1, -0.05) is 0 Å². The van der Waals surface area contributed by atoms with Gasteiger partial charge in [-0.15, -0.1) is 0 Å². The van der Waals surface area contributed by atoms with Gasteiger partial charge in [-0.25, -0.2) is 15.0 Å². The molecular weight excluding hydrogens is 370 g/mol. The van der Waals surface area contributed by atoms with Crippen molar-refractivity contribution >= 4 is 23.0 Å². The minimum Gasteiger partial charge on any atom is -0.548 e. The lowest BCUT2D eigenvalue weighted by atomic mass is 10.1. The summed E-state index contributed by atoms with van der Waals surface area (Å²) >= 11 is 0. The topological polar surface area (TPSA) is 185 Å². The van der Waals surface area contributed by atoms with Crippen molar-refractivity contribution in [3.63, 3.8) is 0 Å². The number of carbonyl (C=O) groups excluding carboxylic acids is 1. The predicted octanol–water partition coefficient (Wildman–Crippen LogP) is -3.43. The monoisotopic (exact) mass is 395 g/mol. The number of nitrogens with two attached hydrogens (primary N) is 2. The van der Waals surface area contributed by atoms with E-state index in [4.69, 9.17) is 16.2 Å². The minimum absolute atomic E-state index is 0.204. The van der Waals surface area contributed by atoms with E-state index in [-0.39, 0.29) is 12.2 Å². The first-order valence-corrected chi connectivity index (χ1v) is 8.84. The number of carboxylic acids is 1. The van der Waals surface area contributed by atoms with Crippen molar-refractivity contribution in [1.29, 1.82) is 0 Å². The summed E-state index contributed by atoms with van der Waals surface area (Å²) in [5.74, 6) is -1.10. The van der Waals surface area contributed by atoms with Crippen molar-refractivity contribution in [2.24, 2.45) is 5.73 Å². The van der Waals surface area contributed by atoms with Gasteiger partial charge in [0.25, 0.3) is 0 Å². The molecule has 5 atom stereocenters. The Balaban J connectivity index is 1.73. The van der Waals surface area contributed by atoms with E-state index in [1.807, 2.05) is 14.1 Å². The average Bonchev–Trinajstić information content (AvgIpc) is 3.17. The fourth-order valence-electron chi connectivity index (χ4n) is 3.35. The number of aromatic nitrogens is 4. The first-order chi connectivity index (χ1) is 13.1. The third-order valence-electron chi connectivity index (χ3n) is 5.02. The zero-order chi connectivity index (χ0) is 20.6. The molecule has 28 heavy (non-hydrogen) atoms. The smallest absolute Gasteiger partial charge is 0.167 e. The first kappa shape index (κ1) is 20.4. The summed E-state index contributed by atoms with van der Waals surface area (Å²) in [7, 11) is 3.72. The van der Waals surface area contributed by atoms with Crippen LogP contribution < -0.4 is 16.6 Å². The minimum atomic E-state index is -1.30. The Morgan fingerprint density at radius 3 is 2.75 bits per heavy atom. The molecule has 0 unspecified atom stereocenters. The number of rotatable bonds is 7. The summed E-state index contributed by atoms with van der Waals surface area (Å²) in [5, 5.41) is 31.8. The number of aliphatic hydroxyl groups excluding tert-OH is 2. The largest absolute Gasteiger partial charge is 0.548 e. The van der Waals surface area contributed by atoms with Gasteiger partial charge in [0.2, 0.25) is 0 Å². The number of ether oxygens (including phenoxy) is 1. The standard InChI is InChI=1S/C16H25N7O5/c1-23(2,4-3-8(17)16(26)27)5-9-11(24)12(25)15(28-9)22-7-21-10-13(18)19-6-20-14(10)22/h6-9,11-12,15,24-25H,3-5,17H2,1-2H3,(H2-,18,19,20,26,27)/t8-,9+,11+,12+,15+/m0/s1. The third kappa shape index (κ3) is 3.91. The molecule has 3 heterocycles. The zero-order valence-electron chi connectivity index (χ0n) is 15.7. The summed E-state index contributed by atoms with van der Waals surface area (Å²) in [6, 6.07) is -1.06. The number of carbonyl (C=O) groups is 1. The molecule has 0 spiro atoms. The van der Waals surface area contributed by atoms with Gasteiger partial charge in [-0.3, -0.25) is 4.57 Å². The molecule has 6 N–H and O–H groups in total. The van der Waals surface area contributed by atoms with Crippen molar-refractivity contribution in [1.82, 2.24) is 19.5 Å². The van der Waals surface area contributed by atoms with Crippen LogP contribution in [0.2, 0.25) is 0 Å². The molecule has 2 aromatic rings. The molecule has 2 aromatic heterocycles. The molecule has 0 saturated carbocycles. The molecule has 0 radical (unpaired) electrons. The van der Waals surface area contributed by atoms with Crippen LogP contribution in [0.15, 0.2) is 12.7 Å². The number of aliphatic hydroxyl groups is 2. The number of nitrogens with zero attached hydrogens (tertiary/aromatic N) is 5. The van der Waals surface area contributed by atoms with Gasteiger partial charge < -0.3 is 40.8 Å². The van der Waals surface area contributed by atoms with Crippen molar-refractivity contribution in [3.05, 3.63) is 12.7 Å². The van der Waals surface area contributed by atoms with Gasteiger partial charge in [0, 0.05) is 12.5 Å². The molecule has 0 bridgehead atoms. The lowest BCUT2D eigenvalue weighted by molar-refractivity contribution is -0.894. The Hall–Kier alpha value is -2.38. The predicted molar refractivity (Wildman–Crippen MR) is 95.1 cm³/mol. The third-order valence-corrected chi connectivity index (χ3v) is 5.02. The molecule has 154 valence electrons. The highest BCUT2D eigenvalue weighted by molar-refractivity contribution is 5.81. The number of imidazole rings is 1.